The van der Waals surface area contributed by atoms with Gasteiger partial charge in [0.2, 0.25) is 0 Å². The number of ether oxygens (including phenoxy) is 2. The summed E-state index contributed by atoms with van der Waals surface area (Å²) in [6.07, 6.45) is 4.26. The van der Waals surface area contributed by atoms with Crippen LogP contribution >= 0.6 is 0 Å². The molecule has 7 heteroatoms. The Kier molecular flexibility index (Phi) is 7.85. The van der Waals surface area contributed by atoms with E-state index in [1.165, 1.54) is 0 Å². The molecule has 174 valence electrons. The summed E-state index contributed by atoms with van der Waals surface area (Å²) in [5.41, 5.74) is 3.17. The second-order valence-corrected chi connectivity index (χ2v) is 8.06. The molecule has 4 rings (SSSR count). The number of H-pyrrole nitrogens is 1. The lowest BCUT2D eigenvalue weighted by atomic mass is 9.88. The van der Waals surface area contributed by atoms with Crippen molar-refractivity contribution in [1.29, 1.82) is 0 Å². The van der Waals surface area contributed by atoms with Crippen LogP contribution in [-0.4, -0.2) is 49.8 Å². The van der Waals surface area contributed by atoms with Gasteiger partial charge < -0.3 is 25.1 Å². The van der Waals surface area contributed by atoms with Gasteiger partial charge in [-0.1, -0.05) is 30.3 Å². The first-order valence-electron chi connectivity index (χ1n) is 11.7. The SMILES string of the molecule is CCOC(=O)CC(c1ccccc1)c1c[nH]c2cc(OCCCNC3=NCCCN3)ccc12. The van der Waals surface area contributed by atoms with Gasteiger partial charge in [0, 0.05) is 48.7 Å². The van der Waals surface area contributed by atoms with E-state index in [9.17, 15) is 4.79 Å². The zero-order valence-corrected chi connectivity index (χ0v) is 19.1. The van der Waals surface area contributed by atoms with Crippen molar-refractivity contribution in [1.82, 2.24) is 15.6 Å². The first kappa shape index (κ1) is 22.7. The number of aromatic amines is 1. The molecule has 3 aromatic rings. The average Bonchev–Trinajstić information content (AvgIpc) is 3.27. The van der Waals surface area contributed by atoms with E-state index in [1.54, 1.807) is 0 Å². The third kappa shape index (κ3) is 6.06. The van der Waals surface area contributed by atoms with Gasteiger partial charge in [0.1, 0.15) is 5.75 Å². The average molecular weight is 449 g/mol. The van der Waals surface area contributed by atoms with Gasteiger partial charge in [-0.15, -0.1) is 0 Å². The number of rotatable bonds is 10. The maximum atomic E-state index is 12.3. The number of aromatic nitrogens is 1. The second-order valence-electron chi connectivity index (χ2n) is 8.06. The van der Waals surface area contributed by atoms with Gasteiger partial charge in [-0.25, -0.2) is 0 Å². The van der Waals surface area contributed by atoms with Crippen molar-refractivity contribution >= 4 is 22.8 Å². The first-order valence-corrected chi connectivity index (χ1v) is 11.7. The molecule has 7 nitrogen and oxygen atoms in total. The van der Waals surface area contributed by atoms with Crippen LogP contribution in [-0.2, 0) is 9.53 Å². The summed E-state index contributed by atoms with van der Waals surface area (Å²) < 4.78 is 11.2. The van der Waals surface area contributed by atoms with Crippen LogP contribution in [0.1, 0.15) is 43.2 Å². The van der Waals surface area contributed by atoms with Crippen LogP contribution in [0, 0.1) is 0 Å². The van der Waals surface area contributed by atoms with E-state index < -0.39 is 0 Å². The second kappa shape index (κ2) is 11.4. The van der Waals surface area contributed by atoms with E-state index in [4.69, 9.17) is 9.47 Å². The molecular formula is C26H32N4O3. The molecule has 1 aliphatic heterocycles. The van der Waals surface area contributed by atoms with Crippen molar-refractivity contribution < 1.29 is 14.3 Å². The summed E-state index contributed by atoms with van der Waals surface area (Å²) in [4.78, 5) is 20.1. The van der Waals surface area contributed by atoms with Gasteiger partial charge in [-0.2, -0.15) is 0 Å². The Hall–Kier alpha value is -3.48. The number of guanidine groups is 1. The van der Waals surface area contributed by atoms with Crippen molar-refractivity contribution in [2.75, 3.05) is 32.8 Å². The topological polar surface area (TPSA) is 87.7 Å². The maximum Gasteiger partial charge on any atom is 0.306 e. The summed E-state index contributed by atoms with van der Waals surface area (Å²) in [5, 5.41) is 7.65. The molecular weight excluding hydrogens is 416 g/mol. The van der Waals surface area contributed by atoms with Crippen molar-refractivity contribution in [3.8, 4) is 5.75 Å². The minimum Gasteiger partial charge on any atom is -0.493 e. The van der Waals surface area contributed by atoms with E-state index in [-0.39, 0.29) is 11.9 Å². The molecule has 0 aliphatic carbocycles. The molecule has 0 amide bonds. The van der Waals surface area contributed by atoms with Crippen LogP contribution in [0.15, 0.2) is 59.7 Å². The normalized spacial score (nSPS) is 14.3. The van der Waals surface area contributed by atoms with Gasteiger partial charge >= 0.3 is 5.97 Å². The lowest BCUT2D eigenvalue weighted by molar-refractivity contribution is -0.143. The third-order valence-corrected chi connectivity index (χ3v) is 5.72. The Morgan fingerprint density at radius 1 is 1.21 bits per heavy atom. The summed E-state index contributed by atoms with van der Waals surface area (Å²) in [7, 11) is 0. The zero-order chi connectivity index (χ0) is 22.9. The Bertz CT molecular complexity index is 1080. The van der Waals surface area contributed by atoms with Crippen LogP contribution in [0.25, 0.3) is 10.9 Å². The molecule has 2 heterocycles. The molecule has 1 aliphatic rings. The molecule has 1 unspecified atom stereocenters. The van der Waals surface area contributed by atoms with E-state index in [1.807, 2.05) is 43.5 Å². The minimum absolute atomic E-state index is 0.0758. The molecule has 0 saturated heterocycles. The Labute approximate surface area is 194 Å². The van der Waals surface area contributed by atoms with Crippen LogP contribution in [0.4, 0.5) is 0 Å². The third-order valence-electron chi connectivity index (χ3n) is 5.72. The highest BCUT2D eigenvalue weighted by molar-refractivity contribution is 5.86. The Balaban J connectivity index is 1.41. The predicted molar refractivity (Wildman–Crippen MR) is 131 cm³/mol. The number of carbonyl (C=O) groups excluding carboxylic acids is 1. The maximum absolute atomic E-state index is 12.3. The molecule has 0 bridgehead atoms. The summed E-state index contributed by atoms with van der Waals surface area (Å²) in [6.45, 7) is 5.51. The molecule has 0 radical (unpaired) electrons. The van der Waals surface area contributed by atoms with Crippen molar-refractivity contribution in [2.45, 2.75) is 32.1 Å². The molecule has 33 heavy (non-hydrogen) atoms. The van der Waals surface area contributed by atoms with Crippen LogP contribution in [0.2, 0.25) is 0 Å². The number of hydrogen-bond acceptors (Lipinski definition) is 6. The highest BCUT2D eigenvalue weighted by Crippen LogP contribution is 2.35. The van der Waals surface area contributed by atoms with E-state index in [2.05, 4.69) is 38.8 Å². The minimum atomic E-state index is -0.191. The number of carbonyl (C=O) groups is 1. The molecule has 2 aromatic carbocycles. The summed E-state index contributed by atoms with van der Waals surface area (Å²) in [6, 6.07) is 16.2. The van der Waals surface area contributed by atoms with Gasteiger partial charge in [-0.05, 0) is 43.0 Å². The lowest BCUT2D eigenvalue weighted by Crippen LogP contribution is -2.41. The molecule has 0 spiro atoms. The van der Waals surface area contributed by atoms with E-state index in [0.29, 0.717) is 19.6 Å². The summed E-state index contributed by atoms with van der Waals surface area (Å²) in [5.74, 6) is 1.44. The molecule has 0 fully saturated rings. The molecule has 1 aromatic heterocycles. The standard InChI is InChI=1S/C26H32N4O3/c1-2-32-25(31)17-22(19-8-4-3-5-9-19)23-18-30-24-16-20(10-11-21(23)24)33-15-7-14-29-26-27-12-6-13-28-26/h3-5,8-11,16,18,22,30H,2,6-7,12-15,17H2,1H3,(H2,27,28,29). The van der Waals surface area contributed by atoms with Gasteiger partial charge in [0.15, 0.2) is 5.96 Å². The van der Waals surface area contributed by atoms with Crippen LogP contribution in [0.5, 0.6) is 5.75 Å². The fourth-order valence-corrected chi connectivity index (χ4v) is 4.11. The number of aliphatic imine (C=N–C) groups is 1. The van der Waals surface area contributed by atoms with Crippen molar-refractivity contribution in [2.24, 2.45) is 4.99 Å². The largest absolute Gasteiger partial charge is 0.493 e. The van der Waals surface area contributed by atoms with Crippen LogP contribution in [0.3, 0.4) is 0 Å². The highest BCUT2D eigenvalue weighted by Gasteiger charge is 2.22. The zero-order valence-electron chi connectivity index (χ0n) is 19.1. The molecule has 0 saturated carbocycles. The van der Waals surface area contributed by atoms with E-state index in [0.717, 1.165) is 66.2 Å². The monoisotopic (exact) mass is 448 g/mol. The molecule has 3 N–H and O–H groups in total. The fourth-order valence-electron chi connectivity index (χ4n) is 4.11. The summed E-state index contributed by atoms with van der Waals surface area (Å²) >= 11 is 0. The van der Waals surface area contributed by atoms with Gasteiger partial charge in [0.25, 0.3) is 0 Å². The van der Waals surface area contributed by atoms with Crippen molar-refractivity contribution in [3.05, 3.63) is 65.9 Å². The lowest BCUT2D eigenvalue weighted by Gasteiger charge is -2.17. The van der Waals surface area contributed by atoms with Crippen LogP contribution < -0.4 is 15.4 Å². The smallest absolute Gasteiger partial charge is 0.306 e. The number of fused-ring (bicyclic) bond motifs is 1. The highest BCUT2D eigenvalue weighted by atomic mass is 16.5. The number of nitrogens with one attached hydrogen (secondary N) is 3. The quantitative estimate of drug-likeness (QED) is 0.323. The Morgan fingerprint density at radius 3 is 2.88 bits per heavy atom. The number of hydrogen-bond donors (Lipinski definition) is 3. The fraction of sp³-hybridized carbons (Fsp3) is 0.385. The first-order chi connectivity index (χ1) is 16.2. The van der Waals surface area contributed by atoms with Crippen molar-refractivity contribution in [3.63, 3.8) is 0 Å². The Morgan fingerprint density at radius 2 is 2.09 bits per heavy atom. The van der Waals surface area contributed by atoms with Gasteiger partial charge in [0.05, 0.1) is 19.6 Å². The predicted octanol–water partition coefficient (Wildman–Crippen LogP) is 3.96. The van der Waals surface area contributed by atoms with Gasteiger partial charge in [-0.3, -0.25) is 9.79 Å². The number of nitrogens with zero attached hydrogens (tertiary/aromatic N) is 1. The number of esters is 1. The number of benzene rings is 2. The molecule has 1 atom stereocenters. The van der Waals surface area contributed by atoms with E-state index >= 15 is 0 Å².